The van der Waals surface area contributed by atoms with E-state index in [1.807, 2.05) is 0 Å². The predicted octanol–water partition coefficient (Wildman–Crippen LogP) is 4.17. The molecule has 4 rings (SSSR count). The van der Waals surface area contributed by atoms with Crippen molar-refractivity contribution in [3.63, 3.8) is 0 Å². The Kier molecular flexibility index (Phi) is 6.70. The lowest BCUT2D eigenvalue weighted by Crippen LogP contribution is -2.46. The van der Waals surface area contributed by atoms with Crippen LogP contribution in [0.4, 0.5) is 13.2 Å². The van der Waals surface area contributed by atoms with Crippen LogP contribution in [0.15, 0.2) is 77.7 Å². The molecule has 1 amide bonds. The van der Waals surface area contributed by atoms with Gasteiger partial charge in [0.1, 0.15) is 23.3 Å². The highest BCUT2D eigenvalue weighted by atomic mass is 32.2. The molecular weight excluding hydrogens is 489 g/mol. The van der Waals surface area contributed by atoms with Gasteiger partial charge in [-0.15, -0.1) is 13.2 Å². The van der Waals surface area contributed by atoms with Crippen LogP contribution in [0.5, 0.6) is 17.2 Å². The van der Waals surface area contributed by atoms with Gasteiger partial charge in [0.2, 0.25) is 10.0 Å². The van der Waals surface area contributed by atoms with Gasteiger partial charge in [-0.25, -0.2) is 13.9 Å². The van der Waals surface area contributed by atoms with Crippen molar-refractivity contribution in [2.45, 2.75) is 23.7 Å². The monoisotopic (exact) mass is 508 g/mol. The lowest BCUT2D eigenvalue weighted by atomic mass is 9.94. The summed E-state index contributed by atoms with van der Waals surface area (Å²) < 4.78 is 74.0. The molecule has 0 saturated carbocycles. The van der Waals surface area contributed by atoms with Crippen molar-refractivity contribution in [1.82, 2.24) is 9.79 Å². The maximum atomic E-state index is 13.4. The molecule has 0 fully saturated rings. The first-order valence-electron chi connectivity index (χ1n) is 10.3. The summed E-state index contributed by atoms with van der Waals surface area (Å²) in [6.45, 7) is 0.0298. The van der Waals surface area contributed by atoms with E-state index in [0.717, 1.165) is 22.0 Å². The molecule has 1 atom stereocenters. The van der Waals surface area contributed by atoms with Crippen molar-refractivity contribution < 1.29 is 41.1 Å². The molecule has 1 aliphatic rings. The summed E-state index contributed by atoms with van der Waals surface area (Å²) in [4.78, 5) is 12.3. The van der Waals surface area contributed by atoms with Crippen molar-refractivity contribution >= 4 is 15.9 Å². The number of fused-ring (bicyclic) bond motifs is 1. The van der Waals surface area contributed by atoms with Gasteiger partial charge >= 0.3 is 6.36 Å². The third-order valence-electron chi connectivity index (χ3n) is 5.32. The van der Waals surface area contributed by atoms with E-state index in [-0.39, 0.29) is 22.9 Å². The van der Waals surface area contributed by atoms with E-state index in [0.29, 0.717) is 12.0 Å². The van der Waals surface area contributed by atoms with Crippen LogP contribution in [-0.4, -0.2) is 36.7 Å². The predicted molar refractivity (Wildman–Crippen MR) is 116 cm³/mol. The van der Waals surface area contributed by atoms with Crippen LogP contribution in [0.3, 0.4) is 0 Å². The molecule has 0 spiro atoms. The lowest BCUT2D eigenvalue weighted by Gasteiger charge is -2.34. The quantitative estimate of drug-likeness (QED) is 0.383. The van der Waals surface area contributed by atoms with Crippen LogP contribution >= 0.6 is 0 Å². The summed E-state index contributed by atoms with van der Waals surface area (Å²) in [5.74, 6) is -0.834. The Bertz CT molecular complexity index is 1310. The number of hydrogen-bond donors (Lipinski definition) is 2. The van der Waals surface area contributed by atoms with E-state index in [4.69, 9.17) is 4.74 Å². The highest BCUT2D eigenvalue weighted by Crippen LogP contribution is 2.35. The van der Waals surface area contributed by atoms with Crippen molar-refractivity contribution in [2.24, 2.45) is 0 Å². The molecule has 0 aromatic heterocycles. The fourth-order valence-electron chi connectivity index (χ4n) is 3.80. The number of amides is 1. The third-order valence-corrected chi connectivity index (χ3v) is 7.20. The van der Waals surface area contributed by atoms with Crippen molar-refractivity contribution in [1.29, 1.82) is 0 Å². The van der Waals surface area contributed by atoms with E-state index < -0.39 is 34.1 Å². The lowest BCUT2D eigenvalue weighted by molar-refractivity contribution is -0.274. The third kappa shape index (κ3) is 5.39. The van der Waals surface area contributed by atoms with E-state index in [2.05, 4.69) is 4.74 Å². The minimum absolute atomic E-state index is 0.0298. The number of ether oxygens (including phenoxy) is 2. The maximum absolute atomic E-state index is 13.4. The summed E-state index contributed by atoms with van der Waals surface area (Å²) in [7, 11) is -4.14. The number of nitrogens with zero attached hydrogens (tertiary/aromatic N) is 1. The zero-order chi connectivity index (χ0) is 25.2. The Morgan fingerprint density at radius 3 is 2.11 bits per heavy atom. The molecule has 0 unspecified atom stereocenters. The van der Waals surface area contributed by atoms with Crippen molar-refractivity contribution in [3.8, 4) is 17.2 Å². The molecule has 2 N–H and O–H groups in total. The average Bonchev–Trinajstić information content (AvgIpc) is 2.83. The smallest absolute Gasteiger partial charge is 0.457 e. The topological polar surface area (TPSA) is 105 Å². The van der Waals surface area contributed by atoms with Gasteiger partial charge in [-0.2, -0.15) is 4.31 Å². The number of rotatable bonds is 6. The number of halogens is 3. The fraction of sp³-hybridized carbons (Fsp3) is 0.174. The number of alkyl halides is 3. The van der Waals surface area contributed by atoms with Gasteiger partial charge < -0.3 is 9.47 Å². The summed E-state index contributed by atoms with van der Waals surface area (Å²) in [5.41, 5.74) is 2.83. The molecular formula is C23H19F3N2O6S. The van der Waals surface area contributed by atoms with Crippen LogP contribution in [0.25, 0.3) is 0 Å². The van der Waals surface area contributed by atoms with Crippen LogP contribution in [-0.2, 0) is 21.2 Å². The fourth-order valence-corrected chi connectivity index (χ4v) is 5.37. The highest BCUT2D eigenvalue weighted by Gasteiger charge is 2.40. The van der Waals surface area contributed by atoms with E-state index in [1.165, 1.54) is 36.4 Å². The number of hydroxylamine groups is 1. The van der Waals surface area contributed by atoms with Gasteiger partial charge in [-0.05, 0) is 66.1 Å². The number of hydrogen-bond acceptors (Lipinski definition) is 6. The average molecular weight is 508 g/mol. The molecule has 3 aromatic rings. The van der Waals surface area contributed by atoms with Crippen LogP contribution in [0.2, 0.25) is 0 Å². The highest BCUT2D eigenvalue weighted by molar-refractivity contribution is 7.89. The van der Waals surface area contributed by atoms with Gasteiger partial charge in [0.25, 0.3) is 5.91 Å². The first-order chi connectivity index (χ1) is 16.6. The number of carbonyl (C=O) groups excluding carboxylic acids is 1. The number of nitrogens with one attached hydrogen (secondary N) is 1. The Morgan fingerprint density at radius 2 is 1.51 bits per heavy atom. The first-order valence-corrected chi connectivity index (χ1v) is 11.7. The summed E-state index contributed by atoms with van der Waals surface area (Å²) in [5, 5.41) is 9.21. The first kappa shape index (κ1) is 24.5. The van der Waals surface area contributed by atoms with Gasteiger partial charge in [0.15, 0.2) is 0 Å². The molecule has 0 bridgehead atoms. The molecule has 184 valence electrons. The second kappa shape index (κ2) is 9.56. The summed E-state index contributed by atoms with van der Waals surface area (Å²) in [6.07, 6.45) is -4.42. The standard InChI is InChI=1S/C23H19F3N2O6S/c24-23(25,26)34-18-7-5-16(6-8-18)33-17-9-11-19(12-10-17)35(31,32)28-14-13-15-3-1-2-4-20(15)21(28)22(29)27-30/h1-12,21,30H,13-14H2,(H,27,29)/t21-/m1/s1. The molecule has 0 aliphatic carbocycles. The molecule has 1 aliphatic heterocycles. The van der Waals surface area contributed by atoms with Crippen molar-refractivity contribution in [3.05, 3.63) is 83.9 Å². The Balaban J connectivity index is 1.54. The molecule has 3 aromatic carbocycles. The van der Waals surface area contributed by atoms with Crippen LogP contribution in [0.1, 0.15) is 17.2 Å². The van der Waals surface area contributed by atoms with E-state index >= 15 is 0 Å². The van der Waals surface area contributed by atoms with Crippen LogP contribution < -0.4 is 15.0 Å². The van der Waals surface area contributed by atoms with Crippen molar-refractivity contribution in [2.75, 3.05) is 6.54 Å². The zero-order valence-corrected chi connectivity index (χ0v) is 18.7. The second-order valence-corrected chi connectivity index (χ2v) is 9.43. The molecule has 35 heavy (non-hydrogen) atoms. The largest absolute Gasteiger partial charge is 0.573 e. The molecule has 12 heteroatoms. The summed E-state index contributed by atoms with van der Waals surface area (Å²) in [6, 6.07) is 15.7. The Morgan fingerprint density at radius 1 is 0.943 bits per heavy atom. The van der Waals surface area contributed by atoms with Gasteiger partial charge in [-0.1, -0.05) is 24.3 Å². The Labute approximate surface area is 198 Å². The number of benzene rings is 3. The van der Waals surface area contributed by atoms with E-state index in [1.54, 1.807) is 29.7 Å². The van der Waals surface area contributed by atoms with Gasteiger partial charge in [-0.3, -0.25) is 10.0 Å². The molecule has 8 nitrogen and oxygen atoms in total. The minimum Gasteiger partial charge on any atom is -0.457 e. The second-order valence-electron chi connectivity index (χ2n) is 7.54. The van der Waals surface area contributed by atoms with Crippen LogP contribution in [0, 0.1) is 0 Å². The SMILES string of the molecule is O=C(NO)[C@H]1c2ccccc2CCN1S(=O)(=O)c1ccc(Oc2ccc(OC(F)(F)F)cc2)cc1. The maximum Gasteiger partial charge on any atom is 0.573 e. The number of carbonyl (C=O) groups is 1. The normalized spacial score (nSPS) is 16.3. The molecule has 0 saturated heterocycles. The molecule has 1 heterocycles. The van der Waals surface area contributed by atoms with E-state index in [9.17, 15) is 31.6 Å². The minimum atomic E-state index is -4.81. The zero-order valence-electron chi connectivity index (χ0n) is 17.9. The van der Waals surface area contributed by atoms with Gasteiger partial charge in [0.05, 0.1) is 4.90 Å². The van der Waals surface area contributed by atoms with Gasteiger partial charge in [0, 0.05) is 6.54 Å². The summed E-state index contributed by atoms with van der Waals surface area (Å²) >= 11 is 0. The number of sulfonamides is 1. The Hall–Kier alpha value is -3.61. The molecule has 0 radical (unpaired) electrons.